The predicted molar refractivity (Wildman–Crippen MR) is 202 cm³/mol. The molecule has 2 bridgehead atoms. The molecule has 1 saturated heterocycles. The number of carbonyl (C=O) groups excluding carboxylic acids is 4. The molecule has 7 atom stereocenters. The van der Waals surface area contributed by atoms with Crippen molar-refractivity contribution < 1.29 is 37.1 Å². The first kappa shape index (κ1) is 39.4. The standard InChI is InChI=1S/C39H54N6O8S/c1-6-23(2)32(35(47)44-54(50,51)26-19-20-26)42-34(46)30-21-25-22-45(30)37(48)33(39(3,4)5)43-38(49)53-31-18-12-14-24(31)13-8-7-9-17-29-36(52-25)41-28-16-11-10-15-27(28)40-29/h6,10-11,15-16,23-26,30-33H,1,7-9,12-14,17-22H2,2-5H3,(H,42,46)(H,43,49)(H,44,47)/t23-,24+,25+,30-,31+,32?,33+/m0/s1. The third-order valence-corrected chi connectivity index (χ3v) is 13.0. The summed E-state index contributed by atoms with van der Waals surface area (Å²) in [5.41, 5.74) is 1.28. The Bertz CT molecular complexity index is 1860. The van der Waals surface area contributed by atoms with Crippen LogP contribution < -0.4 is 20.1 Å². The maximum Gasteiger partial charge on any atom is 0.408 e. The van der Waals surface area contributed by atoms with E-state index in [0.29, 0.717) is 36.4 Å². The van der Waals surface area contributed by atoms with Crippen molar-refractivity contribution in [3.8, 4) is 5.88 Å². The molecule has 2 aliphatic heterocycles. The van der Waals surface area contributed by atoms with E-state index in [0.717, 1.165) is 50.5 Å². The zero-order chi connectivity index (χ0) is 38.8. The number of alkyl carbamates (subject to hydrolysis) is 1. The van der Waals surface area contributed by atoms with Gasteiger partial charge >= 0.3 is 6.09 Å². The molecule has 15 heteroatoms. The zero-order valence-electron chi connectivity index (χ0n) is 31.7. The average Bonchev–Trinajstić information content (AvgIpc) is 3.78. The maximum atomic E-state index is 14.6. The first-order valence-corrected chi connectivity index (χ1v) is 20.9. The van der Waals surface area contributed by atoms with E-state index in [-0.39, 0.29) is 25.0 Å². The number of benzene rings is 1. The van der Waals surface area contributed by atoms with E-state index >= 15 is 0 Å². The lowest BCUT2D eigenvalue weighted by Crippen LogP contribution is -2.60. The van der Waals surface area contributed by atoms with Crippen molar-refractivity contribution in [2.24, 2.45) is 17.3 Å². The number of sulfonamides is 1. The van der Waals surface area contributed by atoms with Gasteiger partial charge in [-0.1, -0.05) is 58.7 Å². The van der Waals surface area contributed by atoms with Gasteiger partial charge in [0.25, 0.3) is 5.91 Å². The summed E-state index contributed by atoms with van der Waals surface area (Å²) in [6.45, 7) is 10.8. The number of aromatic nitrogens is 2. The number of nitrogens with zero attached hydrogens (tertiary/aromatic N) is 3. The minimum atomic E-state index is -3.90. The van der Waals surface area contributed by atoms with Gasteiger partial charge in [0.2, 0.25) is 27.7 Å². The first-order valence-electron chi connectivity index (χ1n) is 19.3. The molecular formula is C39H54N6O8S. The zero-order valence-corrected chi connectivity index (χ0v) is 32.5. The smallest absolute Gasteiger partial charge is 0.408 e. The molecule has 2 aliphatic carbocycles. The lowest BCUT2D eigenvalue weighted by atomic mass is 9.85. The van der Waals surface area contributed by atoms with Crippen molar-refractivity contribution in [3.63, 3.8) is 0 Å². The maximum absolute atomic E-state index is 14.6. The SMILES string of the molecule is C=C[C@H](C)C(NC(=O)[C@@H]1C[C@@H]2CN1C(=O)[C@H](C(C)(C)C)NC(=O)O[C@@H]1CCC[C@H]1CCCCCc1nc3ccccc3nc1O2)C(=O)NS(=O)(=O)C1CC1. The molecule has 1 aromatic carbocycles. The molecule has 0 spiro atoms. The summed E-state index contributed by atoms with van der Waals surface area (Å²) in [5.74, 6) is -2.17. The molecule has 1 unspecified atom stereocenters. The second-order valence-electron chi connectivity index (χ2n) is 16.4. The van der Waals surface area contributed by atoms with Crippen LogP contribution in [-0.4, -0.2) is 89.2 Å². The van der Waals surface area contributed by atoms with E-state index in [2.05, 4.69) is 21.9 Å². The minimum Gasteiger partial charge on any atom is -0.471 e. The monoisotopic (exact) mass is 766 g/mol. The lowest BCUT2D eigenvalue weighted by molar-refractivity contribution is -0.142. The molecule has 6 rings (SSSR count). The summed E-state index contributed by atoms with van der Waals surface area (Å²) in [5, 5.41) is 4.92. The highest BCUT2D eigenvalue weighted by atomic mass is 32.2. The van der Waals surface area contributed by atoms with E-state index in [9.17, 15) is 27.6 Å². The van der Waals surface area contributed by atoms with Crippen molar-refractivity contribution in [2.45, 2.75) is 134 Å². The Morgan fingerprint density at radius 3 is 2.39 bits per heavy atom. The summed E-state index contributed by atoms with van der Waals surface area (Å²) in [7, 11) is -3.90. The largest absolute Gasteiger partial charge is 0.471 e. The molecule has 2 aromatic rings. The molecule has 4 aliphatic rings. The molecule has 14 nitrogen and oxygen atoms in total. The number of rotatable bonds is 7. The van der Waals surface area contributed by atoms with E-state index in [4.69, 9.17) is 19.4 Å². The lowest BCUT2D eigenvalue weighted by Gasteiger charge is -2.35. The third kappa shape index (κ3) is 9.15. The van der Waals surface area contributed by atoms with Crippen molar-refractivity contribution in [2.75, 3.05) is 6.54 Å². The summed E-state index contributed by atoms with van der Waals surface area (Å²) >= 11 is 0. The molecule has 54 heavy (non-hydrogen) atoms. The number of ether oxygens (including phenoxy) is 2. The first-order chi connectivity index (χ1) is 25.6. The quantitative estimate of drug-likeness (QED) is 0.343. The fraction of sp³-hybridized carbons (Fsp3) is 0.641. The highest BCUT2D eigenvalue weighted by Gasteiger charge is 2.48. The highest BCUT2D eigenvalue weighted by Crippen LogP contribution is 2.34. The molecule has 3 fully saturated rings. The number of hydrogen-bond donors (Lipinski definition) is 3. The molecular weight excluding hydrogens is 713 g/mol. The van der Waals surface area contributed by atoms with Gasteiger partial charge < -0.3 is 25.0 Å². The summed E-state index contributed by atoms with van der Waals surface area (Å²) in [4.78, 5) is 66.9. The van der Waals surface area contributed by atoms with Gasteiger partial charge in [0.1, 0.15) is 36.0 Å². The Hall–Kier alpha value is -4.27. The second kappa shape index (κ2) is 16.2. The second-order valence-corrected chi connectivity index (χ2v) is 18.4. The number of amides is 4. The summed E-state index contributed by atoms with van der Waals surface area (Å²) < 4.78 is 40.0. The van der Waals surface area contributed by atoms with Crippen LogP contribution in [-0.2, 0) is 35.6 Å². The third-order valence-electron chi connectivity index (χ3n) is 11.1. The molecule has 2 saturated carbocycles. The molecule has 3 N–H and O–H groups in total. The normalized spacial score (nSPS) is 26.8. The van der Waals surface area contributed by atoms with Crippen LogP contribution in [0.15, 0.2) is 36.9 Å². The van der Waals surface area contributed by atoms with Gasteiger partial charge in [-0.25, -0.2) is 23.2 Å². The van der Waals surface area contributed by atoms with E-state index in [1.807, 2.05) is 45.0 Å². The molecule has 0 radical (unpaired) electrons. The number of carbonyl (C=O) groups is 4. The van der Waals surface area contributed by atoms with Crippen LogP contribution in [0.4, 0.5) is 4.79 Å². The van der Waals surface area contributed by atoms with Crippen LogP contribution in [0.1, 0.15) is 97.6 Å². The van der Waals surface area contributed by atoms with Gasteiger partial charge in [0.15, 0.2) is 0 Å². The number of para-hydroxylation sites is 2. The van der Waals surface area contributed by atoms with Crippen LogP contribution in [0, 0.1) is 17.3 Å². The molecule has 1 aromatic heterocycles. The number of nitrogens with one attached hydrogen (secondary N) is 3. The number of hydrogen-bond acceptors (Lipinski definition) is 10. The number of aryl methyl sites for hydroxylation is 1. The van der Waals surface area contributed by atoms with E-state index < -0.39 is 74.7 Å². The highest BCUT2D eigenvalue weighted by molar-refractivity contribution is 7.90. The predicted octanol–water partition coefficient (Wildman–Crippen LogP) is 4.32. The van der Waals surface area contributed by atoms with Gasteiger partial charge in [0.05, 0.1) is 22.8 Å². The Morgan fingerprint density at radius 2 is 1.70 bits per heavy atom. The summed E-state index contributed by atoms with van der Waals surface area (Å²) in [6, 6.07) is 4.01. The molecule has 294 valence electrons. The average molecular weight is 767 g/mol. The summed E-state index contributed by atoms with van der Waals surface area (Å²) in [6.07, 6.45) is 7.75. The Labute approximate surface area is 317 Å². The minimum absolute atomic E-state index is 0.0250. The van der Waals surface area contributed by atoms with Gasteiger partial charge in [-0.05, 0) is 74.8 Å². The fourth-order valence-corrected chi connectivity index (χ4v) is 9.10. The molecule has 3 heterocycles. The molecule has 4 amide bonds. The Morgan fingerprint density at radius 1 is 1.00 bits per heavy atom. The van der Waals surface area contributed by atoms with E-state index in [1.54, 1.807) is 6.92 Å². The van der Waals surface area contributed by atoms with Crippen molar-refractivity contribution in [1.29, 1.82) is 0 Å². The van der Waals surface area contributed by atoms with Gasteiger partial charge in [-0.2, -0.15) is 0 Å². The van der Waals surface area contributed by atoms with Crippen LogP contribution in [0.3, 0.4) is 0 Å². The van der Waals surface area contributed by atoms with Crippen LogP contribution in [0.2, 0.25) is 0 Å². The fourth-order valence-electron chi connectivity index (χ4n) is 7.76. The van der Waals surface area contributed by atoms with Gasteiger partial charge in [0, 0.05) is 12.3 Å². The Kier molecular flexibility index (Phi) is 11.8. The Balaban J connectivity index is 1.34. The van der Waals surface area contributed by atoms with Crippen LogP contribution in [0.5, 0.6) is 5.88 Å². The topological polar surface area (TPSA) is 186 Å². The van der Waals surface area contributed by atoms with Crippen molar-refractivity contribution in [3.05, 3.63) is 42.6 Å². The van der Waals surface area contributed by atoms with Crippen LogP contribution in [0.25, 0.3) is 11.0 Å². The van der Waals surface area contributed by atoms with Crippen molar-refractivity contribution in [1.82, 2.24) is 30.2 Å². The number of fused-ring (bicyclic) bond motifs is 5. The van der Waals surface area contributed by atoms with E-state index in [1.165, 1.54) is 11.0 Å². The van der Waals surface area contributed by atoms with Crippen LogP contribution >= 0.6 is 0 Å². The van der Waals surface area contributed by atoms with Gasteiger partial charge in [-0.3, -0.25) is 19.1 Å². The van der Waals surface area contributed by atoms with Crippen molar-refractivity contribution >= 4 is 44.9 Å². The van der Waals surface area contributed by atoms with Gasteiger partial charge in [-0.15, -0.1) is 6.58 Å².